The van der Waals surface area contributed by atoms with Gasteiger partial charge in [-0.2, -0.15) is 0 Å². The summed E-state index contributed by atoms with van der Waals surface area (Å²) >= 11 is 1.92. The van der Waals surface area contributed by atoms with Gasteiger partial charge in [0, 0.05) is 22.7 Å². The smallest absolute Gasteiger partial charge is 0.0208 e. The van der Waals surface area contributed by atoms with Gasteiger partial charge in [0.05, 0.1) is 0 Å². The van der Waals surface area contributed by atoms with Crippen molar-refractivity contribution < 1.29 is 0 Å². The first kappa shape index (κ1) is 12.6. The maximum absolute atomic E-state index is 3.43. The van der Waals surface area contributed by atoms with Gasteiger partial charge in [0.2, 0.25) is 0 Å². The monoisotopic (exact) mass is 223 g/mol. The largest absolute Gasteiger partial charge is 0.310 e. The average Bonchev–Trinajstić information content (AvgIpc) is 2.14. The Balaban J connectivity index is 2.57. The molecule has 84 valence electrons. The normalized spacial score (nSPS) is 11.3. The molecule has 1 aromatic carbocycles. The third-order valence-electron chi connectivity index (χ3n) is 1.98. The molecule has 0 aromatic heterocycles. The van der Waals surface area contributed by atoms with Crippen molar-refractivity contribution in [1.29, 1.82) is 0 Å². The highest BCUT2D eigenvalue weighted by Crippen LogP contribution is 2.23. The van der Waals surface area contributed by atoms with Crippen LogP contribution < -0.4 is 5.32 Å². The summed E-state index contributed by atoms with van der Waals surface area (Å²) in [5.41, 5.74) is 1.37. The van der Waals surface area contributed by atoms with Crippen LogP contribution in [0.2, 0.25) is 0 Å². The zero-order chi connectivity index (χ0) is 11.3. The Morgan fingerprint density at radius 2 is 1.93 bits per heavy atom. The van der Waals surface area contributed by atoms with Crippen molar-refractivity contribution in [3.8, 4) is 0 Å². The number of rotatable bonds is 5. The summed E-state index contributed by atoms with van der Waals surface area (Å²) < 4.78 is 0. The molecule has 0 aliphatic carbocycles. The quantitative estimate of drug-likeness (QED) is 0.764. The molecule has 1 nitrogen and oxygen atoms in total. The lowest BCUT2D eigenvalue weighted by Gasteiger charge is -2.10. The molecule has 0 saturated heterocycles. The fourth-order valence-electron chi connectivity index (χ4n) is 1.32. The molecule has 0 aliphatic rings. The van der Waals surface area contributed by atoms with E-state index in [2.05, 4.69) is 57.3 Å². The lowest BCUT2D eigenvalue weighted by molar-refractivity contribution is 0.588. The highest BCUT2D eigenvalue weighted by molar-refractivity contribution is 7.99. The second-order valence-electron chi connectivity index (χ2n) is 4.35. The van der Waals surface area contributed by atoms with Crippen molar-refractivity contribution in [1.82, 2.24) is 5.32 Å². The summed E-state index contributed by atoms with van der Waals surface area (Å²) in [5.74, 6) is 0. The van der Waals surface area contributed by atoms with Crippen LogP contribution in [0.25, 0.3) is 0 Å². The Morgan fingerprint density at radius 3 is 2.53 bits per heavy atom. The molecule has 1 aromatic rings. The van der Waals surface area contributed by atoms with Crippen LogP contribution in [0.5, 0.6) is 0 Å². The fraction of sp³-hybridized carbons (Fsp3) is 0.538. The van der Waals surface area contributed by atoms with E-state index in [0.29, 0.717) is 11.3 Å². The minimum absolute atomic E-state index is 0.548. The number of nitrogens with one attached hydrogen (secondary N) is 1. The van der Waals surface area contributed by atoms with Crippen LogP contribution in [0.1, 0.15) is 33.3 Å². The average molecular weight is 223 g/mol. The number of hydrogen-bond donors (Lipinski definition) is 1. The molecule has 0 aliphatic heterocycles. The molecule has 1 rings (SSSR count). The van der Waals surface area contributed by atoms with E-state index in [1.807, 2.05) is 11.8 Å². The molecule has 0 atom stereocenters. The molecule has 0 unspecified atom stereocenters. The standard InChI is InChI=1S/C13H21NS/c1-10(2)14-9-12-6-5-7-13(8-12)15-11(3)4/h5-8,10-11,14H,9H2,1-4H3. The Bertz CT molecular complexity index is 294. The predicted octanol–water partition coefficient (Wildman–Crippen LogP) is 3.69. The van der Waals surface area contributed by atoms with Gasteiger partial charge in [-0.1, -0.05) is 39.8 Å². The number of thioether (sulfide) groups is 1. The van der Waals surface area contributed by atoms with Gasteiger partial charge in [-0.05, 0) is 17.7 Å². The van der Waals surface area contributed by atoms with E-state index in [0.717, 1.165) is 6.54 Å². The van der Waals surface area contributed by atoms with Gasteiger partial charge in [-0.15, -0.1) is 11.8 Å². The van der Waals surface area contributed by atoms with Gasteiger partial charge in [0.25, 0.3) is 0 Å². The van der Waals surface area contributed by atoms with E-state index in [4.69, 9.17) is 0 Å². The maximum Gasteiger partial charge on any atom is 0.0208 e. The third kappa shape index (κ3) is 5.24. The minimum atomic E-state index is 0.548. The molecule has 0 radical (unpaired) electrons. The first-order chi connectivity index (χ1) is 7.08. The topological polar surface area (TPSA) is 12.0 Å². The van der Waals surface area contributed by atoms with Crippen LogP contribution in [-0.2, 0) is 6.54 Å². The first-order valence-electron chi connectivity index (χ1n) is 5.57. The van der Waals surface area contributed by atoms with E-state index in [9.17, 15) is 0 Å². The van der Waals surface area contributed by atoms with Crippen LogP contribution >= 0.6 is 11.8 Å². The molecule has 0 saturated carbocycles. The highest BCUT2D eigenvalue weighted by Gasteiger charge is 2.00. The van der Waals surface area contributed by atoms with Gasteiger partial charge in [-0.25, -0.2) is 0 Å². The number of hydrogen-bond acceptors (Lipinski definition) is 2. The maximum atomic E-state index is 3.43. The van der Waals surface area contributed by atoms with E-state index < -0.39 is 0 Å². The number of benzene rings is 1. The molecule has 0 heterocycles. The Hall–Kier alpha value is -0.470. The second kappa shape index (κ2) is 6.19. The molecule has 0 fully saturated rings. The van der Waals surface area contributed by atoms with Gasteiger partial charge in [0.1, 0.15) is 0 Å². The summed E-state index contributed by atoms with van der Waals surface area (Å²) in [5, 5.41) is 4.08. The van der Waals surface area contributed by atoms with Crippen molar-refractivity contribution in [3.05, 3.63) is 29.8 Å². The van der Waals surface area contributed by atoms with Crippen LogP contribution in [0, 0.1) is 0 Å². The summed E-state index contributed by atoms with van der Waals surface area (Å²) in [4.78, 5) is 1.37. The molecule has 0 bridgehead atoms. The highest BCUT2D eigenvalue weighted by atomic mass is 32.2. The molecule has 0 amide bonds. The van der Waals surface area contributed by atoms with Gasteiger partial charge < -0.3 is 5.32 Å². The van der Waals surface area contributed by atoms with E-state index in [-0.39, 0.29) is 0 Å². The summed E-state index contributed by atoms with van der Waals surface area (Å²) in [7, 11) is 0. The van der Waals surface area contributed by atoms with E-state index >= 15 is 0 Å². The Kier molecular flexibility index (Phi) is 5.20. The zero-order valence-corrected chi connectivity index (χ0v) is 10.9. The first-order valence-corrected chi connectivity index (χ1v) is 6.45. The molecule has 1 N–H and O–H groups in total. The Labute approximate surface area is 97.7 Å². The SMILES string of the molecule is CC(C)NCc1cccc(SC(C)C)c1. The summed E-state index contributed by atoms with van der Waals surface area (Å²) in [6.07, 6.45) is 0. The zero-order valence-electron chi connectivity index (χ0n) is 10.1. The van der Waals surface area contributed by atoms with Gasteiger partial charge >= 0.3 is 0 Å². The van der Waals surface area contributed by atoms with E-state index in [1.54, 1.807) is 0 Å². The lowest BCUT2D eigenvalue weighted by Crippen LogP contribution is -2.21. The third-order valence-corrected chi connectivity index (χ3v) is 2.98. The van der Waals surface area contributed by atoms with Gasteiger partial charge in [-0.3, -0.25) is 0 Å². The minimum Gasteiger partial charge on any atom is -0.310 e. The Morgan fingerprint density at radius 1 is 1.20 bits per heavy atom. The molecular formula is C13H21NS. The summed E-state index contributed by atoms with van der Waals surface area (Å²) in [6, 6.07) is 9.33. The summed E-state index contributed by atoms with van der Waals surface area (Å²) in [6.45, 7) is 9.76. The molecular weight excluding hydrogens is 202 g/mol. The molecule has 0 spiro atoms. The van der Waals surface area contributed by atoms with Crippen molar-refractivity contribution in [2.45, 2.75) is 50.4 Å². The fourth-order valence-corrected chi connectivity index (χ4v) is 2.24. The molecule has 15 heavy (non-hydrogen) atoms. The second-order valence-corrected chi connectivity index (χ2v) is 6.00. The predicted molar refractivity (Wildman–Crippen MR) is 69.4 cm³/mol. The lowest BCUT2D eigenvalue weighted by atomic mass is 10.2. The van der Waals surface area contributed by atoms with E-state index in [1.165, 1.54) is 10.5 Å². The van der Waals surface area contributed by atoms with Crippen molar-refractivity contribution >= 4 is 11.8 Å². The van der Waals surface area contributed by atoms with Crippen molar-refractivity contribution in [3.63, 3.8) is 0 Å². The van der Waals surface area contributed by atoms with Crippen molar-refractivity contribution in [2.24, 2.45) is 0 Å². The van der Waals surface area contributed by atoms with Crippen LogP contribution in [0.3, 0.4) is 0 Å². The van der Waals surface area contributed by atoms with Crippen molar-refractivity contribution in [2.75, 3.05) is 0 Å². The van der Waals surface area contributed by atoms with Crippen LogP contribution in [0.4, 0.5) is 0 Å². The van der Waals surface area contributed by atoms with Crippen LogP contribution in [-0.4, -0.2) is 11.3 Å². The molecule has 2 heteroatoms. The van der Waals surface area contributed by atoms with Gasteiger partial charge in [0.15, 0.2) is 0 Å². The van der Waals surface area contributed by atoms with Crippen LogP contribution in [0.15, 0.2) is 29.2 Å².